The summed E-state index contributed by atoms with van der Waals surface area (Å²) in [7, 11) is 0. The van der Waals surface area contributed by atoms with E-state index in [9.17, 15) is 22.8 Å². The Morgan fingerprint density at radius 3 is 2.45 bits per heavy atom. The average molecular weight is 313 g/mol. The van der Waals surface area contributed by atoms with Crippen LogP contribution in [0.2, 0.25) is 0 Å². The van der Waals surface area contributed by atoms with Crippen molar-refractivity contribution < 1.29 is 22.3 Å². The summed E-state index contributed by atoms with van der Waals surface area (Å²) in [5, 5.41) is 0. The second-order valence-corrected chi connectivity index (χ2v) is 4.88. The molecule has 0 radical (unpaired) electrons. The van der Waals surface area contributed by atoms with Crippen molar-refractivity contribution >= 4 is 0 Å². The summed E-state index contributed by atoms with van der Waals surface area (Å²) >= 11 is 0. The van der Waals surface area contributed by atoms with Crippen LogP contribution in [0, 0.1) is 0 Å². The second-order valence-electron chi connectivity index (χ2n) is 4.88. The van der Waals surface area contributed by atoms with Gasteiger partial charge in [-0.25, -0.2) is 9.59 Å². The minimum Gasteiger partial charge on any atom is -0.375 e. The summed E-state index contributed by atoms with van der Waals surface area (Å²) in [5.74, 6) is -1.43. The molecule has 0 saturated carbocycles. The van der Waals surface area contributed by atoms with E-state index < -0.39 is 29.0 Å². The number of hydrogen-bond donors (Lipinski definition) is 1. The molecular weight excluding hydrogens is 303 g/mol. The van der Waals surface area contributed by atoms with E-state index in [0.717, 1.165) is 12.1 Å². The topological polar surface area (TPSA) is 72.3 Å². The maximum absolute atomic E-state index is 12.6. The first-order valence-corrected chi connectivity index (χ1v) is 6.37. The van der Waals surface area contributed by atoms with E-state index in [4.69, 9.17) is 4.74 Å². The third-order valence-corrected chi connectivity index (χ3v) is 3.51. The van der Waals surface area contributed by atoms with Crippen molar-refractivity contribution in [3.8, 4) is 0 Å². The third-order valence-electron chi connectivity index (χ3n) is 3.51. The number of hydrogen-bond acceptors (Lipinski definition) is 4. The fourth-order valence-corrected chi connectivity index (χ4v) is 2.43. The third kappa shape index (κ3) is 2.57. The van der Waals surface area contributed by atoms with Crippen LogP contribution in [0.4, 0.5) is 13.2 Å². The number of aromatic nitrogens is 1. The number of rotatable bonds is 1. The van der Waals surface area contributed by atoms with Crippen molar-refractivity contribution in [2.45, 2.75) is 18.7 Å². The Morgan fingerprint density at radius 2 is 1.82 bits per heavy atom. The van der Waals surface area contributed by atoms with Crippen LogP contribution in [-0.2, 0) is 17.5 Å². The van der Waals surface area contributed by atoms with Crippen LogP contribution < -0.4 is 11.4 Å². The number of halogens is 3. The quantitative estimate of drug-likeness (QED) is 0.874. The lowest BCUT2D eigenvalue weighted by molar-refractivity contribution is -0.137. The molecule has 1 aliphatic rings. The molecule has 0 bridgehead atoms. The SMILES string of the molecule is O=c1[nH]c2c(c(=O)o1)COCC2c1ccc(C(F)(F)F)cc1. The Labute approximate surface area is 121 Å². The Balaban J connectivity index is 2.05. The molecule has 0 saturated heterocycles. The Morgan fingerprint density at radius 1 is 1.14 bits per heavy atom. The van der Waals surface area contributed by atoms with E-state index >= 15 is 0 Å². The van der Waals surface area contributed by atoms with Gasteiger partial charge in [0, 0.05) is 11.6 Å². The zero-order valence-electron chi connectivity index (χ0n) is 11.1. The van der Waals surface area contributed by atoms with E-state index in [1.54, 1.807) is 0 Å². The molecule has 1 aliphatic heterocycles. The molecule has 2 aromatic rings. The molecule has 1 atom stereocenters. The Hall–Kier alpha value is -2.35. The van der Waals surface area contributed by atoms with Gasteiger partial charge in [-0.2, -0.15) is 13.2 Å². The molecule has 0 spiro atoms. The van der Waals surface area contributed by atoms with Gasteiger partial charge >= 0.3 is 17.6 Å². The van der Waals surface area contributed by atoms with Crippen LogP contribution in [0.3, 0.4) is 0 Å². The van der Waals surface area contributed by atoms with Crippen LogP contribution in [0.25, 0.3) is 0 Å². The van der Waals surface area contributed by atoms with Gasteiger partial charge in [0.25, 0.3) is 0 Å². The minimum absolute atomic E-state index is 0.00835. The zero-order valence-corrected chi connectivity index (χ0v) is 11.1. The highest BCUT2D eigenvalue weighted by molar-refractivity contribution is 5.35. The highest BCUT2D eigenvalue weighted by Crippen LogP contribution is 2.33. The van der Waals surface area contributed by atoms with Crippen molar-refractivity contribution in [3.05, 3.63) is 67.6 Å². The lowest BCUT2D eigenvalue weighted by atomic mass is 9.91. The Bertz CT molecular complexity index is 805. The van der Waals surface area contributed by atoms with E-state index in [1.807, 2.05) is 0 Å². The first-order chi connectivity index (χ1) is 10.4. The number of nitrogens with one attached hydrogen (secondary N) is 1. The van der Waals surface area contributed by atoms with Gasteiger partial charge in [-0.3, -0.25) is 4.98 Å². The first kappa shape index (κ1) is 14.6. The maximum Gasteiger partial charge on any atom is 0.419 e. The molecule has 0 fully saturated rings. The molecule has 5 nitrogen and oxygen atoms in total. The fourth-order valence-electron chi connectivity index (χ4n) is 2.43. The van der Waals surface area contributed by atoms with Crippen LogP contribution in [0.1, 0.15) is 28.3 Å². The molecule has 2 heterocycles. The van der Waals surface area contributed by atoms with Gasteiger partial charge in [0.15, 0.2) is 0 Å². The molecular formula is C14H10F3NO4. The van der Waals surface area contributed by atoms with Gasteiger partial charge in [0.2, 0.25) is 0 Å². The average Bonchev–Trinajstić information content (AvgIpc) is 2.46. The van der Waals surface area contributed by atoms with E-state index in [-0.39, 0.29) is 18.8 Å². The number of fused-ring (bicyclic) bond motifs is 1. The van der Waals surface area contributed by atoms with Crippen LogP contribution in [0.5, 0.6) is 0 Å². The molecule has 1 aromatic heterocycles. The lowest BCUT2D eigenvalue weighted by Crippen LogP contribution is -2.30. The minimum atomic E-state index is -4.42. The number of H-pyrrole nitrogens is 1. The van der Waals surface area contributed by atoms with Gasteiger partial charge < -0.3 is 9.15 Å². The highest BCUT2D eigenvalue weighted by atomic mass is 19.4. The van der Waals surface area contributed by atoms with Crippen LogP contribution >= 0.6 is 0 Å². The molecule has 1 unspecified atom stereocenters. The molecule has 116 valence electrons. The Kier molecular flexibility index (Phi) is 3.40. The smallest absolute Gasteiger partial charge is 0.375 e. The molecule has 1 N–H and O–H groups in total. The predicted molar refractivity (Wildman–Crippen MR) is 68.5 cm³/mol. The molecule has 0 aliphatic carbocycles. The second kappa shape index (κ2) is 5.13. The summed E-state index contributed by atoms with van der Waals surface area (Å²) in [6, 6.07) is 4.51. The van der Waals surface area contributed by atoms with Crippen molar-refractivity contribution in [2.75, 3.05) is 6.61 Å². The molecule has 0 amide bonds. The first-order valence-electron chi connectivity index (χ1n) is 6.37. The fraction of sp³-hybridized carbons (Fsp3) is 0.286. The van der Waals surface area contributed by atoms with Crippen molar-refractivity contribution in [3.63, 3.8) is 0 Å². The summed E-state index contributed by atoms with van der Waals surface area (Å²) in [4.78, 5) is 25.4. The van der Waals surface area contributed by atoms with E-state index in [2.05, 4.69) is 9.40 Å². The van der Waals surface area contributed by atoms with Gasteiger partial charge in [0.1, 0.15) is 0 Å². The highest BCUT2D eigenvalue weighted by Gasteiger charge is 2.31. The summed E-state index contributed by atoms with van der Waals surface area (Å²) in [6.07, 6.45) is -4.42. The van der Waals surface area contributed by atoms with Crippen molar-refractivity contribution in [1.29, 1.82) is 0 Å². The van der Waals surface area contributed by atoms with Gasteiger partial charge in [-0.15, -0.1) is 0 Å². The number of alkyl halides is 3. The van der Waals surface area contributed by atoms with Gasteiger partial charge in [0.05, 0.1) is 24.3 Å². The normalized spacial score (nSPS) is 18.0. The number of ether oxygens (including phenoxy) is 1. The lowest BCUT2D eigenvalue weighted by Gasteiger charge is -2.24. The largest absolute Gasteiger partial charge is 0.419 e. The molecule has 22 heavy (non-hydrogen) atoms. The molecule has 8 heteroatoms. The van der Waals surface area contributed by atoms with Crippen LogP contribution in [0.15, 0.2) is 38.3 Å². The van der Waals surface area contributed by atoms with Gasteiger partial charge in [-0.05, 0) is 17.7 Å². The molecule has 3 rings (SSSR count). The van der Waals surface area contributed by atoms with Crippen molar-refractivity contribution in [1.82, 2.24) is 4.98 Å². The van der Waals surface area contributed by atoms with E-state index in [0.29, 0.717) is 11.3 Å². The summed E-state index contributed by atoms with van der Waals surface area (Å²) < 4.78 is 47.4. The summed E-state index contributed by atoms with van der Waals surface area (Å²) in [5.41, 5.74) is -0.553. The van der Waals surface area contributed by atoms with Crippen molar-refractivity contribution in [2.24, 2.45) is 0 Å². The van der Waals surface area contributed by atoms with E-state index in [1.165, 1.54) is 12.1 Å². The van der Waals surface area contributed by atoms with Gasteiger partial charge in [-0.1, -0.05) is 12.1 Å². The summed E-state index contributed by atoms with van der Waals surface area (Å²) in [6.45, 7) is 0.142. The zero-order chi connectivity index (χ0) is 15.9. The standard InChI is InChI=1S/C14H10F3NO4/c15-14(16,17)8-3-1-7(2-4-8)9-5-21-6-10-11(9)18-13(20)22-12(10)19/h1-4,9H,5-6H2,(H,18,20). The molecule has 1 aromatic carbocycles. The van der Waals surface area contributed by atoms with Crippen LogP contribution in [-0.4, -0.2) is 11.6 Å². The predicted octanol–water partition coefficient (Wildman–Crippen LogP) is 2.01. The number of benzene rings is 1. The number of aromatic amines is 1. The maximum atomic E-state index is 12.6. The monoisotopic (exact) mass is 313 g/mol.